The molecule has 1 aromatic carbocycles. The zero-order valence-corrected chi connectivity index (χ0v) is 15.4. The summed E-state index contributed by atoms with van der Waals surface area (Å²) in [5, 5.41) is 2.71. The number of furan rings is 1. The van der Waals surface area contributed by atoms with Gasteiger partial charge in [0.1, 0.15) is 5.76 Å². The summed E-state index contributed by atoms with van der Waals surface area (Å²) >= 11 is 0. The van der Waals surface area contributed by atoms with E-state index in [9.17, 15) is 0 Å². The summed E-state index contributed by atoms with van der Waals surface area (Å²) in [5.41, 5.74) is 1.54. The van der Waals surface area contributed by atoms with Gasteiger partial charge < -0.3 is 9.32 Å². The second kappa shape index (κ2) is 6.79. The summed E-state index contributed by atoms with van der Waals surface area (Å²) in [7, 11) is 0. The summed E-state index contributed by atoms with van der Waals surface area (Å²) in [4.78, 5) is 2.68. The average Bonchev–Trinajstić information content (AvgIpc) is 3.39. The van der Waals surface area contributed by atoms with Crippen LogP contribution in [-0.4, -0.2) is 24.5 Å². The van der Waals surface area contributed by atoms with Crippen molar-refractivity contribution in [2.24, 2.45) is 5.92 Å². The molecule has 2 aromatic rings. The normalized spacial score (nSPS) is 24.2. The van der Waals surface area contributed by atoms with Crippen LogP contribution in [0.2, 0.25) is 0 Å². The van der Waals surface area contributed by atoms with E-state index in [0.717, 1.165) is 11.8 Å². The van der Waals surface area contributed by atoms with Gasteiger partial charge in [0.15, 0.2) is 0 Å². The van der Waals surface area contributed by atoms with Gasteiger partial charge in [-0.2, -0.15) is 0 Å². The van der Waals surface area contributed by atoms with Gasteiger partial charge in [0, 0.05) is 23.2 Å². The summed E-state index contributed by atoms with van der Waals surface area (Å²) in [5.74, 6) is 3.67. The minimum Gasteiger partial charge on any atom is -0.468 e. The van der Waals surface area contributed by atoms with Crippen molar-refractivity contribution >= 4 is 10.8 Å². The number of hydrogen-bond acceptors (Lipinski definition) is 2. The first-order valence-electron chi connectivity index (χ1n) is 10.6. The van der Waals surface area contributed by atoms with Crippen LogP contribution in [-0.2, 0) is 0 Å². The molecule has 3 fully saturated rings. The minimum absolute atomic E-state index is 0.619. The van der Waals surface area contributed by atoms with Crippen LogP contribution in [0.4, 0.5) is 0 Å². The molecule has 0 radical (unpaired) electrons. The van der Waals surface area contributed by atoms with Crippen LogP contribution in [0.3, 0.4) is 0 Å². The highest BCUT2D eigenvalue weighted by molar-refractivity contribution is 5.85. The Morgan fingerprint density at radius 2 is 1.68 bits per heavy atom. The molecule has 134 valence electrons. The Morgan fingerprint density at radius 1 is 0.880 bits per heavy atom. The molecule has 0 spiro atoms. The van der Waals surface area contributed by atoms with E-state index in [4.69, 9.17) is 4.42 Å². The third-order valence-electron chi connectivity index (χ3n) is 6.90. The quantitative estimate of drug-likeness (QED) is 0.673. The van der Waals surface area contributed by atoms with Gasteiger partial charge in [-0.15, -0.1) is 0 Å². The van der Waals surface area contributed by atoms with Crippen LogP contribution in [0.15, 0.2) is 28.9 Å². The monoisotopic (exact) mass is 337 g/mol. The van der Waals surface area contributed by atoms with Gasteiger partial charge in [-0.05, 0) is 75.1 Å². The van der Waals surface area contributed by atoms with Crippen LogP contribution < -0.4 is 0 Å². The number of benzene rings is 1. The molecule has 2 saturated carbocycles. The second-order valence-electron chi connectivity index (χ2n) is 8.80. The highest BCUT2D eigenvalue weighted by Gasteiger charge is 2.29. The molecule has 0 N–H and O–H groups in total. The smallest absolute Gasteiger partial charge is 0.114 e. The molecule has 0 unspecified atom stereocenters. The number of nitrogens with zero attached hydrogens (tertiary/aromatic N) is 1. The molecule has 2 heteroatoms. The topological polar surface area (TPSA) is 16.4 Å². The third-order valence-corrected chi connectivity index (χ3v) is 6.90. The molecule has 2 aliphatic carbocycles. The molecule has 2 nitrogen and oxygen atoms in total. The van der Waals surface area contributed by atoms with E-state index in [0.29, 0.717) is 5.92 Å². The number of piperidine rings is 1. The van der Waals surface area contributed by atoms with Crippen molar-refractivity contribution in [2.75, 3.05) is 19.6 Å². The Balaban J connectivity index is 1.30. The Bertz CT molecular complexity index is 715. The number of rotatable bonds is 4. The van der Waals surface area contributed by atoms with Crippen molar-refractivity contribution in [1.29, 1.82) is 0 Å². The largest absolute Gasteiger partial charge is 0.468 e. The van der Waals surface area contributed by atoms with Crippen molar-refractivity contribution in [2.45, 2.75) is 69.6 Å². The van der Waals surface area contributed by atoms with E-state index in [1.165, 1.54) is 94.0 Å². The fourth-order valence-electron chi connectivity index (χ4n) is 5.14. The standard InChI is InChI=1S/C23H31NO/c1-2-4-18(5-3-1)20-8-9-22-21(14-20)16-25-23(22)19-10-12-24(13-11-19)15-17-6-7-17/h8-9,14,16-19H,1-7,10-13,15H2. The Hall–Kier alpha value is -1.28. The first-order valence-corrected chi connectivity index (χ1v) is 10.6. The second-order valence-corrected chi connectivity index (χ2v) is 8.80. The Kier molecular flexibility index (Phi) is 4.33. The lowest BCUT2D eigenvalue weighted by molar-refractivity contribution is 0.196. The molecular weight excluding hydrogens is 306 g/mol. The fourth-order valence-corrected chi connectivity index (χ4v) is 5.14. The van der Waals surface area contributed by atoms with Crippen molar-refractivity contribution < 1.29 is 4.42 Å². The van der Waals surface area contributed by atoms with Crippen molar-refractivity contribution in [3.05, 3.63) is 35.8 Å². The predicted molar refractivity (Wildman–Crippen MR) is 103 cm³/mol. The molecular formula is C23H31NO. The van der Waals surface area contributed by atoms with Gasteiger partial charge in [-0.25, -0.2) is 0 Å². The molecule has 0 atom stereocenters. The van der Waals surface area contributed by atoms with E-state index in [1.807, 2.05) is 6.26 Å². The van der Waals surface area contributed by atoms with Gasteiger partial charge in [0.25, 0.3) is 0 Å². The molecule has 1 aliphatic heterocycles. The lowest BCUT2D eigenvalue weighted by Crippen LogP contribution is -2.34. The van der Waals surface area contributed by atoms with E-state index in [1.54, 1.807) is 5.56 Å². The number of hydrogen-bond donors (Lipinski definition) is 0. The fraction of sp³-hybridized carbons (Fsp3) is 0.652. The Morgan fingerprint density at radius 3 is 2.44 bits per heavy atom. The molecule has 3 aliphatic rings. The molecule has 0 amide bonds. The van der Waals surface area contributed by atoms with Crippen molar-refractivity contribution in [3.63, 3.8) is 0 Å². The highest BCUT2D eigenvalue weighted by Crippen LogP contribution is 2.39. The summed E-state index contributed by atoms with van der Waals surface area (Å²) in [6, 6.07) is 7.16. The lowest BCUT2D eigenvalue weighted by atomic mass is 9.83. The van der Waals surface area contributed by atoms with Gasteiger partial charge in [-0.3, -0.25) is 0 Å². The van der Waals surface area contributed by atoms with Crippen LogP contribution in [0.1, 0.15) is 80.9 Å². The maximum absolute atomic E-state index is 6.11. The zero-order chi connectivity index (χ0) is 16.6. The Labute approximate surface area is 151 Å². The van der Waals surface area contributed by atoms with E-state index >= 15 is 0 Å². The molecule has 5 rings (SSSR count). The molecule has 2 heterocycles. The van der Waals surface area contributed by atoms with Crippen LogP contribution in [0, 0.1) is 5.92 Å². The number of likely N-dealkylation sites (tertiary alicyclic amines) is 1. The maximum atomic E-state index is 6.11. The lowest BCUT2D eigenvalue weighted by Gasteiger charge is -2.31. The van der Waals surface area contributed by atoms with E-state index < -0.39 is 0 Å². The van der Waals surface area contributed by atoms with Gasteiger partial charge in [0.2, 0.25) is 0 Å². The van der Waals surface area contributed by atoms with Crippen molar-refractivity contribution in [1.82, 2.24) is 4.90 Å². The van der Waals surface area contributed by atoms with Gasteiger partial charge in [-0.1, -0.05) is 31.4 Å². The zero-order valence-electron chi connectivity index (χ0n) is 15.4. The summed E-state index contributed by atoms with van der Waals surface area (Å²) in [6.07, 6.45) is 14.4. The van der Waals surface area contributed by atoms with Gasteiger partial charge in [0.05, 0.1) is 6.26 Å². The average molecular weight is 338 g/mol. The summed E-state index contributed by atoms with van der Waals surface area (Å²) < 4.78 is 6.11. The minimum atomic E-state index is 0.619. The third kappa shape index (κ3) is 3.38. The van der Waals surface area contributed by atoms with Crippen LogP contribution in [0.5, 0.6) is 0 Å². The predicted octanol–water partition coefficient (Wildman–Crippen LogP) is 6.07. The number of fused-ring (bicyclic) bond motifs is 1. The highest BCUT2D eigenvalue weighted by atomic mass is 16.3. The SMILES string of the molecule is c1cc2c(C3CCN(CC4CC4)CC3)occ2cc1C1CCCCC1. The van der Waals surface area contributed by atoms with E-state index in [-0.39, 0.29) is 0 Å². The summed E-state index contributed by atoms with van der Waals surface area (Å²) in [6.45, 7) is 3.85. The molecule has 25 heavy (non-hydrogen) atoms. The molecule has 1 saturated heterocycles. The van der Waals surface area contributed by atoms with Gasteiger partial charge >= 0.3 is 0 Å². The van der Waals surface area contributed by atoms with Crippen LogP contribution in [0.25, 0.3) is 10.8 Å². The molecule has 0 bridgehead atoms. The first kappa shape index (κ1) is 15.9. The first-order chi connectivity index (χ1) is 12.4. The van der Waals surface area contributed by atoms with E-state index in [2.05, 4.69) is 23.1 Å². The maximum Gasteiger partial charge on any atom is 0.114 e. The molecule has 1 aromatic heterocycles. The van der Waals surface area contributed by atoms with Crippen LogP contribution >= 0.6 is 0 Å². The van der Waals surface area contributed by atoms with Crippen molar-refractivity contribution in [3.8, 4) is 0 Å².